The maximum atomic E-state index is 11.4. The van der Waals surface area contributed by atoms with E-state index in [1.807, 2.05) is 79.7 Å². The molecule has 2 atom stereocenters. The SMILES string of the molecule is COC(Cc1cccc(OC(C)(OCCOc2ccccc2C(C)C)c2ccccc2)c1)C(=O)O. The van der Waals surface area contributed by atoms with Crippen molar-refractivity contribution in [2.75, 3.05) is 20.3 Å². The van der Waals surface area contributed by atoms with Crippen LogP contribution in [0.15, 0.2) is 78.9 Å². The van der Waals surface area contributed by atoms with E-state index in [0.717, 1.165) is 22.4 Å². The molecule has 3 rings (SSSR count). The molecule has 0 aliphatic heterocycles. The number of aliphatic carboxylic acids is 1. The summed E-state index contributed by atoms with van der Waals surface area (Å²) in [7, 11) is 1.39. The van der Waals surface area contributed by atoms with Gasteiger partial charge in [0.05, 0.1) is 6.61 Å². The molecule has 6 nitrogen and oxygen atoms in total. The van der Waals surface area contributed by atoms with Gasteiger partial charge in [-0.3, -0.25) is 0 Å². The number of hydrogen-bond donors (Lipinski definition) is 1. The fourth-order valence-corrected chi connectivity index (χ4v) is 3.84. The lowest BCUT2D eigenvalue weighted by molar-refractivity contribution is -0.182. The molecule has 0 radical (unpaired) electrons. The van der Waals surface area contributed by atoms with Crippen LogP contribution in [0, 0.1) is 0 Å². The Morgan fingerprint density at radius 3 is 2.34 bits per heavy atom. The molecule has 0 amide bonds. The van der Waals surface area contributed by atoms with E-state index in [1.165, 1.54) is 7.11 Å². The summed E-state index contributed by atoms with van der Waals surface area (Å²) >= 11 is 0. The Kier molecular flexibility index (Phi) is 9.29. The van der Waals surface area contributed by atoms with Crippen molar-refractivity contribution in [3.05, 3.63) is 95.6 Å². The number of benzene rings is 3. The largest absolute Gasteiger partial charge is 0.491 e. The fourth-order valence-electron chi connectivity index (χ4n) is 3.84. The molecule has 6 heteroatoms. The second kappa shape index (κ2) is 12.4. The first-order chi connectivity index (χ1) is 16.8. The fraction of sp³-hybridized carbons (Fsp3) is 0.345. The molecule has 0 fully saturated rings. The van der Waals surface area contributed by atoms with Crippen molar-refractivity contribution in [2.45, 2.75) is 45.0 Å². The van der Waals surface area contributed by atoms with Crippen LogP contribution in [0.2, 0.25) is 0 Å². The number of methoxy groups -OCH3 is 1. The third kappa shape index (κ3) is 7.31. The Labute approximate surface area is 207 Å². The van der Waals surface area contributed by atoms with Crippen LogP contribution < -0.4 is 9.47 Å². The normalized spacial score (nSPS) is 13.7. The highest BCUT2D eigenvalue weighted by molar-refractivity contribution is 5.72. The molecule has 0 aliphatic rings. The highest BCUT2D eigenvalue weighted by atomic mass is 16.7. The number of ether oxygens (including phenoxy) is 4. The Morgan fingerprint density at radius 1 is 0.943 bits per heavy atom. The second-order valence-corrected chi connectivity index (χ2v) is 8.72. The van der Waals surface area contributed by atoms with Crippen molar-refractivity contribution in [3.63, 3.8) is 0 Å². The first kappa shape index (κ1) is 26.3. The summed E-state index contributed by atoms with van der Waals surface area (Å²) in [6.45, 7) is 6.81. The van der Waals surface area contributed by atoms with Gasteiger partial charge in [-0.15, -0.1) is 0 Å². The maximum absolute atomic E-state index is 11.4. The van der Waals surface area contributed by atoms with Gasteiger partial charge in [0.1, 0.15) is 18.1 Å². The minimum absolute atomic E-state index is 0.231. The maximum Gasteiger partial charge on any atom is 0.333 e. The first-order valence-corrected chi connectivity index (χ1v) is 11.8. The summed E-state index contributed by atoms with van der Waals surface area (Å²) in [5, 5.41) is 9.30. The number of hydrogen-bond acceptors (Lipinski definition) is 5. The van der Waals surface area contributed by atoms with Gasteiger partial charge in [0.15, 0.2) is 6.10 Å². The predicted molar refractivity (Wildman–Crippen MR) is 135 cm³/mol. The molecule has 186 valence electrons. The molecule has 2 unspecified atom stereocenters. The average Bonchev–Trinajstić information content (AvgIpc) is 2.86. The number of carbonyl (C=O) groups is 1. The van der Waals surface area contributed by atoms with Crippen molar-refractivity contribution in [1.29, 1.82) is 0 Å². The van der Waals surface area contributed by atoms with E-state index in [0.29, 0.717) is 24.9 Å². The molecule has 0 saturated heterocycles. The molecule has 0 aliphatic carbocycles. The lowest BCUT2D eigenvalue weighted by atomic mass is 10.0. The Balaban J connectivity index is 1.73. The van der Waals surface area contributed by atoms with Gasteiger partial charge >= 0.3 is 5.97 Å². The van der Waals surface area contributed by atoms with Crippen molar-refractivity contribution in [2.24, 2.45) is 0 Å². The van der Waals surface area contributed by atoms with Crippen LogP contribution in [-0.4, -0.2) is 37.5 Å². The van der Waals surface area contributed by atoms with Crippen molar-refractivity contribution in [3.8, 4) is 11.5 Å². The molecule has 1 N–H and O–H groups in total. The number of para-hydroxylation sites is 1. The number of carboxylic acids is 1. The summed E-state index contributed by atoms with van der Waals surface area (Å²) in [6, 6.07) is 25.0. The quantitative estimate of drug-likeness (QED) is 0.247. The Bertz CT molecular complexity index is 1080. The smallest absolute Gasteiger partial charge is 0.333 e. The number of rotatable bonds is 13. The highest BCUT2D eigenvalue weighted by Crippen LogP contribution is 2.31. The monoisotopic (exact) mass is 478 g/mol. The zero-order chi connectivity index (χ0) is 25.3. The van der Waals surface area contributed by atoms with Gasteiger partial charge in [-0.2, -0.15) is 0 Å². The summed E-state index contributed by atoms with van der Waals surface area (Å²) in [4.78, 5) is 11.4. The van der Waals surface area contributed by atoms with Gasteiger partial charge in [-0.05, 0) is 35.2 Å². The molecule has 0 bridgehead atoms. The summed E-state index contributed by atoms with van der Waals surface area (Å²) in [5.74, 6) is -0.298. The van der Waals surface area contributed by atoms with E-state index in [1.54, 1.807) is 0 Å². The van der Waals surface area contributed by atoms with Gasteiger partial charge in [0.2, 0.25) is 5.79 Å². The van der Waals surface area contributed by atoms with Crippen LogP contribution in [-0.2, 0) is 26.5 Å². The van der Waals surface area contributed by atoms with Gasteiger partial charge in [0.25, 0.3) is 0 Å². The third-order valence-electron chi connectivity index (χ3n) is 5.75. The van der Waals surface area contributed by atoms with E-state index in [2.05, 4.69) is 19.9 Å². The topological polar surface area (TPSA) is 74.2 Å². The third-order valence-corrected chi connectivity index (χ3v) is 5.75. The minimum atomic E-state index is -1.08. The zero-order valence-corrected chi connectivity index (χ0v) is 20.8. The van der Waals surface area contributed by atoms with E-state index < -0.39 is 17.9 Å². The summed E-state index contributed by atoms with van der Waals surface area (Å²) in [6.07, 6.45) is -0.692. The minimum Gasteiger partial charge on any atom is -0.491 e. The molecule has 3 aromatic rings. The highest BCUT2D eigenvalue weighted by Gasteiger charge is 2.30. The standard InChI is InChI=1S/C29H34O6/c1-21(2)25-15-8-9-16-26(25)33-17-18-34-29(3,23-12-6-5-7-13-23)35-24-14-10-11-22(19-24)20-27(32-4)28(30)31/h5-16,19,21,27H,17-18,20H2,1-4H3,(H,30,31). The zero-order valence-electron chi connectivity index (χ0n) is 20.8. The lowest BCUT2D eigenvalue weighted by Crippen LogP contribution is -2.34. The molecule has 35 heavy (non-hydrogen) atoms. The first-order valence-electron chi connectivity index (χ1n) is 11.8. The van der Waals surface area contributed by atoms with Gasteiger partial charge < -0.3 is 24.1 Å². The van der Waals surface area contributed by atoms with Crippen LogP contribution in [0.5, 0.6) is 11.5 Å². The van der Waals surface area contributed by atoms with Crippen molar-refractivity contribution in [1.82, 2.24) is 0 Å². The van der Waals surface area contributed by atoms with E-state index >= 15 is 0 Å². The lowest BCUT2D eigenvalue weighted by Gasteiger charge is -2.31. The Hall–Kier alpha value is -3.35. The molecule has 0 heterocycles. The van der Waals surface area contributed by atoms with Gasteiger partial charge in [-0.25, -0.2) is 4.79 Å². The van der Waals surface area contributed by atoms with Crippen LogP contribution >= 0.6 is 0 Å². The van der Waals surface area contributed by atoms with E-state index in [9.17, 15) is 9.90 Å². The molecule has 3 aromatic carbocycles. The average molecular weight is 479 g/mol. The summed E-state index contributed by atoms with van der Waals surface area (Å²) in [5.41, 5.74) is 2.80. The van der Waals surface area contributed by atoms with E-state index in [4.69, 9.17) is 18.9 Å². The van der Waals surface area contributed by atoms with Crippen LogP contribution in [0.1, 0.15) is 43.4 Å². The second-order valence-electron chi connectivity index (χ2n) is 8.72. The van der Waals surface area contributed by atoms with E-state index in [-0.39, 0.29) is 6.42 Å². The van der Waals surface area contributed by atoms with Crippen LogP contribution in [0.3, 0.4) is 0 Å². The van der Waals surface area contributed by atoms with Gasteiger partial charge in [-0.1, -0.05) is 74.5 Å². The molecular weight excluding hydrogens is 444 g/mol. The van der Waals surface area contributed by atoms with Crippen LogP contribution in [0.4, 0.5) is 0 Å². The number of carboxylic acid groups (broad SMARTS) is 1. The molecule has 0 saturated carbocycles. The van der Waals surface area contributed by atoms with Gasteiger partial charge in [0, 0.05) is 26.0 Å². The molecule has 0 spiro atoms. The van der Waals surface area contributed by atoms with Crippen molar-refractivity contribution >= 4 is 5.97 Å². The summed E-state index contributed by atoms with van der Waals surface area (Å²) < 4.78 is 23.7. The Morgan fingerprint density at radius 2 is 1.66 bits per heavy atom. The molecule has 0 aromatic heterocycles. The molecular formula is C29H34O6. The van der Waals surface area contributed by atoms with Crippen LogP contribution in [0.25, 0.3) is 0 Å². The van der Waals surface area contributed by atoms with Crippen molar-refractivity contribution < 1.29 is 28.8 Å². The predicted octanol–water partition coefficient (Wildman–Crippen LogP) is 5.80.